The van der Waals surface area contributed by atoms with E-state index in [2.05, 4.69) is 0 Å². The van der Waals surface area contributed by atoms with E-state index in [-0.39, 0.29) is 18.1 Å². The first-order valence-electron chi connectivity index (χ1n) is 3.58. The monoisotopic (exact) mass is 144 g/mol. The first-order valence-corrected chi connectivity index (χ1v) is 3.58. The van der Waals surface area contributed by atoms with Crippen molar-refractivity contribution < 1.29 is 9.90 Å². The second-order valence-electron chi connectivity index (χ2n) is 3.61. The van der Waals surface area contributed by atoms with E-state index in [0.717, 1.165) is 0 Å². The number of hydrogen-bond acceptors (Lipinski definition) is 2. The predicted octanol–water partition coefficient (Wildman–Crippen LogP) is 1.37. The molecule has 0 aliphatic carbocycles. The summed E-state index contributed by atoms with van der Waals surface area (Å²) >= 11 is 0. The van der Waals surface area contributed by atoms with Crippen LogP contribution < -0.4 is 0 Å². The van der Waals surface area contributed by atoms with Gasteiger partial charge in [0, 0.05) is 12.3 Å². The lowest BCUT2D eigenvalue weighted by atomic mass is 9.96. The summed E-state index contributed by atoms with van der Waals surface area (Å²) in [5.41, 5.74) is -0.846. The van der Waals surface area contributed by atoms with E-state index in [9.17, 15) is 9.90 Å². The average Bonchev–Trinajstić information content (AvgIpc) is 1.60. The van der Waals surface area contributed by atoms with Crippen LogP contribution in [0.15, 0.2) is 0 Å². The third-order valence-electron chi connectivity index (χ3n) is 1.25. The van der Waals surface area contributed by atoms with Crippen molar-refractivity contribution in [1.29, 1.82) is 0 Å². The first-order chi connectivity index (χ1) is 4.33. The van der Waals surface area contributed by atoms with Crippen LogP contribution in [0.3, 0.4) is 0 Å². The number of hydrogen-bond donors (Lipinski definition) is 1. The van der Waals surface area contributed by atoms with Gasteiger partial charge in [0.2, 0.25) is 0 Å². The number of aliphatic hydroxyl groups is 1. The quantitative estimate of drug-likeness (QED) is 0.649. The molecule has 1 N–H and O–H groups in total. The Kier molecular flexibility index (Phi) is 3.03. The molecule has 10 heavy (non-hydrogen) atoms. The second kappa shape index (κ2) is 3.15. The molecule has 0 aromatic carbocycles. The molecule has 0 atom stereocenters. The lowest BCUT2D eigenvalue weighted by Crippen LogP contribution is -2.25. The van der Waals surface area contributed by atoms with Gasteiger partial charge in [0.1, 0.15) is 5.78 Å². The van der Waals surface area contributed by atoms with Crippen molar-refractivity contribution in [2.45, 2.75) is 39.7 Å². The van der Waals surface area contributed by atoms with Crippen LogP contribution in [0.2, 0.25) is 0 Å². The number of ketones is 1. The van der Waals surface area contributed by atoms with Crippen LogP contribution >= 0.6 is 0 Å². The first kappa shape index (κ1) is 9.63. The van der Waals surface area contributed by atoms with Crippen molar-refractivity contribution in [3.05, 3.63) is 0 Å². The van der Waals surface area contributed by atoms with Crippen molar-refractivity contribution in [2.24, 2.45) is 5.92 Å². The van der Waals surface area contributed by atoms with Crippen LogP contribution in [0, 0.1) is 5.92 Å². The minimum Gasteiger partial charge on any atom is -0.390 e. The van der Waals surface area contributed by atoms with Crippen molar-refractivity contribution >= 4 is 5.78 Å². The summed E-state index contributed by atoms with van der Waals surface area (Å²) in [5, 5.41) is 9.22. The van der Waals surface area contributed by atoms with E-state index in [4.69, 9.17) is 0 Å². The van der Waals surface area contributed by atoms with Gasteiger partial charge in [-0.05, 0) is 13.8 Å². The molecule has 60 valence electrons. The van der Waals surface area contributed by atoms with Crippen LogP contribution in [0.1, 0.15) is 34.1 Å². The van der Waals surface area contributed by atoms with Gasteiger partial charge in [-0.25, -0.2) is 0 Å². The highest BCUT2D eigenvalue weighted by molar-refractivity contribution is 5.81. The zero-order valence-electron chi connectivity index (χ0n) is 7.14. The molecule has 0 radical (unpaired) electrons. The largest absolute Gasteiger partial charge is 0.390 e. The summed E-state index contributed by atoms with van der Waals surface area (Å²) in [5.74, 6) is 0.152. The Morgan fingerprint density at radius 1 is 1.50 bits per heavy atom. The molecule has 0 spiro atoms. The van der Waals surface area contributed by atoms with Crippen molar-refractivity contribution in [2.75, 3.05) is 0 Å². The molecule has 0 saturated carbocycles. The molecule has 2 nitrogen and oxygen atoms in total. The van der Waals surface area contributed by atoms with Crippen LogP contribution in [-0.4, -0.2) is 16.5 Å². The molecule has 0 aliphatic heterocycles. The van der Waals surface area contributed by atoms with Gasteiger partial charge in [-0.3, -0.25) is 4.79 Å². The molecule has 0 rings (SSSR count). The van der Waals surface area contributed by atoms with Crippen LogP contribution in [0.25, 0.3) is 0 Å². The van der Waals surface area contributed by atoms with Crippen LogP contribution in [0.5, 0.6) is 0 Å². The fraction of sp³-hybridized carbons (Fsp3) is 0.875. The van der Waals surface area contributed by atoms with Gasteiger partial charge in [-0.2, -0.15) is 0 Å². The number of carbonyl (C=O) groups excluding carboxylic acids is 1. The van der Waals surface area contributed by atoms with Gasteiger partial charge in [-0.15, -0.1) is 0 Å². The predicted molar refractivity (Wildman–Crippen MR) is 40.8 cm³/mol. The standard InChI is InChI=1S/C8H16O2/c1-6(2)7(9)5-8(3,4)10/h6,10H,5H2,1-4H3. The normalized spacial score (nSPS) is 12.2. The van der Waals surface area contributed by atoms with E-state index in [0.29, 0.717) is 0 Å². The minimum absolute atomic E-state index is 0.0337. The summed E-state index contributed by atoms with van der Waals surface area (Å²) in [6.45, 7) is 6.97. The molecule has 0 unspecified atom stereocenters. The van der Waals surface area contributed by atoms with Gasteiger partial charge >= 0.3 is 0 Å². The molecule has 0 bridgehead atoms. The number of carbonyl (C=O) groups is 1. The van der Waals surface area contributed by atoms with Gasteiger partial charge < -0.3 is 5.11 Å². The maximum absolute atomic E-state index is 11.0. The Balaban J connectivity index is 3.81. The molecular formula is C8H16O2. The van der Waals surface area contributed by atoms with E-state index in [1.165, 1.54) is 0 Å². The van der Waals surface area contributed by atoms with Crippen molar-refractivity contribution in [1.82, 2.24) is 0 Å². The summed E-state index contributed by atoms with van der Waals surface area (Å²) in [6.07, 6.45) is 0.255. The Labute approximate surface area is 62.2 Å². The molecule has 0 saturated heterocycles. The average molecular weight is 144 g/mol. The molecule has 0 heterocycles. The summed E-state index contributed by atoms with van der Waals surface area (Å²) in [6, 6.07) is 0. The van der Waals surface area contributed by atoms with E-state index in [1.54, 1.807) is 13.8 Å². The Morgan fingerprint density at radius 2 is 1.90 bits per heavy atom. The Hall–Kier alpha value is -0.370. The number of Topliss-reactive ketones (excluding diaryl/α,β-unsaturated/α-hetero) is 1. The highest BCUT2D eigenvalue weighted by Gasteiger charge is 2.19. The fourth-order valence-electron chi connectivity index (χ4n) is 0.631. The van der Waals surface area contributed by atoms with Gasteiger partial charge in [-0.1, -0.05) is 13.8 Å². The fourth-order valence-corrected chi connectivity index (χ4v) is 0.631. The lowest BCUT2D eigenvalue weighted by molar-refractivity contribution is -0.125. The summed E-state index contributed by atoms with van der Waals surface area (Å²) in [4.78, 5) is 11.0. The van der Waals surface area contributed by atoms with E-state index >= 15 is 0 Å². The smallest absolute Gasteiger partial charge is 0.138 e. The highest BCUT2D eigenvalue weighted by atomic mass is 16.3. The van der Waals surface area contributed by atoms with Crippen LogP contribution in [0.4, 0.5) is 0 Å². The highest BCUT2D eigenvalue weighted by Crippen LogP contribution is 2.11. The van der Waals surface area contributed by atoms with E-state index in [1.807, 2.05) is 13.8 Å². The van der Waals surface area contributed by atoms with E-state index < -0.39 is 5.60 Å². The van der Waals surface area contributed by atoms with Crippen molar-refractivity contribution in [3.63, 3.8) is 0 Å². The second-order valence-corrected chi connectivity index (χ2v) is 3.61. The minimum atomic E-state index is -0.846. The maximum Gasteiger partial charge on any atom is 0.138 e. The van der Waals surface area contributed by atoms with Crippen molar-refractivity contribution in [3.8, 4) is 0 Å². The molecule has 2 heteroatoms. The number of rotatable bonds is 3. The van der Waals surface area contributed by atoms with Gasteiger partial charge in [0.05, 0.1) is 5.60 Å². The molecule has 0 fully saturated rings. The lowest BCUT2D eigenvalue weighted by Gasteiger charge is -2.16. The Morgan fingerprint density at radius 3 is 2.00 bits per heavy atom. The molecule has 0 amide bonds. The maximum atomic E-state index is 11.0. The van der Waals surface area contributed by atoms with Gasteiger partial charge in [0.25, 0.3) is 0 Å². The van der Waals surface area contributed by atoms with Crippen LogP contribution in [-0.2, 0) is 4.79 Å². The third kappa shape index (κ3) is 4.50. The summed E-state index contributed by atoms with van der Waals surface area (Å²) < 4.78 is 0. The molecule has 0 aliphatic rings. The molecule has 0 aromatic heterocycles. The molecular weight excluding hydrogens is 128 g/mol. The zero-order valence-corrected chi connectivity index (χ0v) is 7.14. The topological polar surface area (TPSA) is 37.3 Å². The zero-order chi connectivity index (χ0) is 8.36. The van der Waals surface area contributed by atoms with Gasteiger partial charge in [0.15, 0.2) is 0 Å². The Bertz CT molecular complexity index is 120. The SMILES string of the molecule is CC(C)C(=O)CC(C)(C)O. The third-order valence-corrected chi connectivity index (χ3v) is 1.25. The summed E-state index contributed by atoms with van der Waals surface area (Å²) in [7, 11) is 0. The molecule has 0 aromatic rings.